The van der Waals surface area contributed by atoms with E-state index in [1.807, 2.05) is 0 Å². The van der Waals surface area contributed by atoms with Crippen LogP contribution in [0.15, 0.2) is 72.8 Å². The normalized spacial score (nSPS) is 20.1. The Kier molecular flexibility index (Phi) is 7.25. The maximum absolute atomic E-state index is 12.7. The van der Waals surface area contributed by atoms with Gasteiger partial charge in [0, 0.05) is 26.2 Å². The number of hydrogen-bond acceptors (Lipinski definition) is 4. The molecule has 1 N–H and O–H groups in total. The van der Waals surface area contributed by atoms with Crippen LogP contribution in [0.25, 0.3) is 0 Å². The highest BCUT2D eigenvalue weighted by Gasteiger charge is 2.30. The summed E-state index contributed by atoms with van der Waals surface area (Å²) in [5, 5.41) is 3.11. The second kappa shape index (κ2) is 11.1. The zero-order valence-corrected chi connectivity index (χ0v) is 21.6. The minimum atomic E-state index is -0.393. The van der Waals surface area contributed by atoms with Crippen molar-refractivity contribution in [3.8, 4) is 5.75 Å². The fraction of sp³-hybridized carbons (Fsp3) is 0.406. The summed E-state index contributed by atoms with van der Waals surface area (Å²) in [5.41, 5.74) is 6.31. The fourth-order valence-corrected chi connectivity index (χ4v) is 6.20. The van der Waals surface area contributed by atoms with Crippen molar-refractivity contribution in [2.24, 2.45) is 0 Å². The molecule has 3 aliphatic rings. The van der Waals surface area contributed by atoms with Crippen LogP contribution in [0.5, 0.6) is 5.75 Å². The first-order valence-electron chi connectivity index (χ1n) is 13.9. The summed E-state index contributed by atoms with van der Waals surface area (Å²) < 4.78 is 6.21. The topological polar surface area (TPSA) is 44.8 Å². The van der Waals surface area contributed by atoms with Crippen LogP contribution in [0.3, 0.4) is 0 Å². The van der Waals surface area contributed by atoms with Crippen LogP contribution in [0.1, 0.15) is 54.0 Å². The molecule has 3 aromatic carbocycles. The lowest BCUT2D eigenvalue weighted by Crippen LogP contribution is -2.48. The number of benzene rings is 3. The first-order valence-corrected chi connectivity index (χ1v) is 13.9. The molecule has 1 amide bonds. The Morgan fingerprint density at radius 2 is 1.46 bits per heavy atom. The molecule has 5 heteroatoms. The highest BCUT2D eigenvalue weighted by atomic mass is 16.5. The third kappa shape index (κ3) is 5.43. The molecule has 0 bridgehead atoms. The van der Waals surface area contributed by atoms with Crippen molar-refractivity contribution in [3.05, 3.63) is 95.1 Å². The summed E-state index contributed by atoms with van der Waals surface area (Å²) in [4.78, 5) is 17.9. The summed E-state index contributed by atoms with van der Waals surface area (Å²) in [6, 6.07) is 26.3. The van der Waals surface area contributed by atoms with Crippen LogP contribution in [-0.4, -0.2) is 54.5 Å². The number of piperazine rings is 1. The molecule has 5 nitrogen and oxygen atoms in total. The fourth-order valence-electron chi connectivity index (χ4n) is 6.20. The smallest absolute Gasteiger partial charge is 0.265 e. The van der Waals surface area contributed by atoms with Gasteiger partial charge in [-0.25, -0.2) is 0 Å². The number of hydrogen-bond donors (Lipinski definition) is 1. The largest absolute Gasteiger partial charge is 0.478 e. The van der Waals surface area contributed by atoms with Gasteiger partial charge < -0.3 is 15.0 Å². The minimum Gasteiger partial charge on any atom is -0.478 e. The number of nitrogens with one attached hydrogen (secondary N) is 1. The zero-order valence-electron chi connectivity index (χ0n) is 21.6. The van der Waals surface area contributed by atoms with Crippen molar-refractivity contribution in [1.29, 1.82) is 0 Å². The number of carbonyl (C=O) groups is 1. The van der Waals surface area contributed by atoms with E-state index in [-0.39, 0.29) is 11.9 Å². The standard InChI is InChI=1S/C32H37N3O2/c36-32-29(37-30-23-27-15-8-7-14-26(27)22-28(30)33-32)16-9-17-34-18-20-35(21-19-34)31(24-10-3-1-4-11-24)25-12-5-2-6-13-25/h1-6,10-13,22-23,29,31H,7-9,14-21H2,(H,33,36). The number of amides is 1. The summed E-state index contributed by atoms with van der Waals surface area (Å²) in [6.07, 6.45) is 6.01. The molecule has 0 spiro atoms. The van der Waals surface area contributed by atoms with Gasteiger partial charge in [-0.1, -0.05) is 60.7 Å². The van der Waals surface area contributed by atoms with E-state index in [0.717, 1.165) is 69.8 Å². The van der Waals surface area contributed by atoms with Crippen LogP contribution in [0.4, 0.5) is 5.69 Å². The van der Waals surface area contributed by atoms with Gasteiger partial charge >= 0.3 is 0 Å². The van der Waals surface area contributed by atoms with E-state index in [2.05, 4.69) is 87.9 Å². The number of fused-ring (bicyclic) bond motifs is 2. The Morgan fingerprint density at radius 1 is 0.838 bits per heavy atom. The second-order valence-corrected chi connectivity index (χ2v) is 10.7. The number of nitrogens with zero attached hydrogens (tertiary/aromatic N) is 2. The summed E-state index contributed by atoms with van der Waals surface area (Å²) in [5.74, 6) is 0.855. The molecule has 0 radical (unpaired) electrons. The van der Waals surface area contributed by atoms with Crippen molar-refractivity contribution >= 4 is 11.6 Å². The second-order valence-electron chi connectivity index (χ2n) is 10.7. The van der Waals surface area contributed by atoms with Gasteiger partial charge in [-0.2, -0.15) is 0 Å². The molecule has 1 atom stereocenters. The van der Waals surface area contributed by atoms with Crippen LogP contribution < -0.4 is 10.1 Å². The Balaban J connectivity index is 1.02. The Labute approximate surface area is 220 Å². The lowest BCUT2D eigenvalue weighted by molar-refractivity contribution is -0.123. The molecule has 6 rings (SSSR count). The Morgan fingerprint density at radius 3 is 2.11 bits per heavy atom. The molecule has 1 fully saturated rings. The van der Waals surface area contributed by atoms with Gasteiger partial charge in [-0.3, -0.25) is 9.69 Å². The van der Waals surface area contributed by atoms with Crippen LogP contribution in [0, 0.1) is 0 Å². The molecule has 2 heterocycles. The summed E-state index contributed by atoms with van der Waals surface area (Å²) >= 11 is 0. The maximum Gasteiger partial charge on any atom is 0.265 e. The highest BCUT2D eigenvalue weighted by molar-refractivity contribution is 5.97. The highest BCUT2D eigenvalue weighted by Crippen LogP contribution is 2.36. The van der Waals surface area contributed by atoms with Gasteiger partial charge in [0.25, 0.3) is 5.91 Å². The molecule has 3 aromatic rings. The van der Waals surface area contributed by atoms with E-state index in [1.165, 1.54) is 35.1 Å². The van der Waals surface area contributed by atoms with Gasteiger partial charge in [0.05, 0.1) is 11.7 Å². The van der Waals surface area contributed by atoms with Gasteiger partial charge in [-0.05, 0) is 79.5 Å². The van der Waals surface area contributed by atoms with Gasteiger partial charge in [-0.15, -0.1) is 0 Å². The van der Waals surface area contributed by atoms with E-state index in [0.29, 0.717) is 0 Å². The molecule has 37 heavy (non-hydrogen) atoms. The van der Waals surface area contributed by atoms with E-state index in [9.17, 15) is 4.79 Å². The molecule has 1 saturated heterocycles. The lowest BCUT2D eigenvalue weighted by atomic mass is 9.90. The van der Waals surface area contributed by atoms with E-state index in [4.69, 9.17) is 4.74 Å². The quantitative estimate of drug-likeness (QED) is 0.473. The van der Waals surface area contributed by atoms with Gasteiger partial charge in [0.1, 0.15) is 5.75 Å². The molecule has 2 aliphatic heterocycles. The zero-order chi connectivity index (χ0) is 25.0. The monoisotopic (exact) mass is 495 g/mol. The molecular formula is C32H37N3O2. The first kappa shape index (κ1) is 24.2. The van der Waals surface area contributed by atoms with Gasteiger partial charge in [0.2, 0.25) is 0 Å². The molecular weight excluding hydrogens is 458 g/mol. The molecule has 1 unspecified atom stereocenters. The summed E-state index contributed by atoms with van der Waals surface area (Å²) in [7, 11) is 0. The number of aryl methyl sites for hydroxylation is 2. The predicted molar refractivity (Wildman–Crippen MR) is 148 cm³/mol. The van der Waals surface area contributed by atoms with Crippen molar-refractivity contribution in [2.45, 2.75) is 50.7 Å². The van der Waals surface area contributed by atoms with Crippen molar-refractivity contribution in [3.63, 3.8) is 0 Å². The SMILES string of the molecule is O=C1Nc2cc3c(cc2OC1CCCN1CCN(C(c2ccccc2)c2ccccc2)CC1)CCCC3. The Hall–Kier alpha value is -3.15. The summed E-state index contributed by atoms with van der Waals surface area (Å²) in [6.45, 7) is 5.16. The average Bonchev–Trinajstić information content (AvgIpc) is 2.94. The third-order valence-corrected chi connectivity index (χ3v) is 8.21. The number of anilines is 1. The number of carbonyl (C=O) groups excluding carboxylic acids is 1. The molecule has 1 aliphatic carbocycles. The minimum absolute atomic E-state index is 0.00152. The van der Waals surface area contributed by atoms with Crippen LogP contribution in [-0.2, 0) is 17.6 Å². The van der Waals surface area contributed by atoms with Crippen LogP contribution >= 0.6 is 0 Å². The van der Waals surface area contributed by atoms with Gasteiger partial charge in [0.15, 0.2) is 6.10 Å². The molecule has 0 saturated carbocycles. The van der Waals surface area contributed by atoms with Crippen LogP contribution in [0.2, 0.25) is 0 Å². The molecule has 0 aromatic heterocycles. The van der Waals surface area contributed by atoms with E-state index in [1.54, 1.807) is 0 Å². The van der Waals surface area contributed by atoms with E-state index < -0.39 is 6.10 Å². The van der Waals surface area contributed by atoms with Crippen molar-refractivity contribution in [1.82, 2.24) is 9.80 Å². The average molecular weight is 496 g/mol. The predicted octanol–water partition coefficient (Wildman–Crippen LogP) is 5.45. The van der Waals surface area contributed by atoms with Crippen molar-refractivity contribution < 1.29 is 9.53 Å². The van der Waals surface area contributed by atoms with E-state index >= 15 is 0 Å². The molecule has 192 valence electrons. The first-order chi connectivity index (χ1) is 18.2. The number of ether oxygens (including phenoxy) is 1. The number of rotatable bonds is 7. The lowest BCUT2D eigenvalue weighted by Gasteiger charge is -2.40. The van der Waals surface area contributed by atoms with Crippen molar-refractivity contribution in [2.75, 3.05) is 38.0 Å². The third-order valence-electron chi connectivity index (χ3n) is 8.21. The Bertz CT molecular complexity index is 1170. The maximum atomic E-state index is 12.7.